The van der Waals surface area contributed by atoms with Crippen molar-refractivity contribution in [1.29, 1.82) is 0 Å². The van der Waals surface area contributed by atoms with Gasteiger partial charge in [-0.1, -0.05) is 18.2 Å². The number of rotatable bonds is 6. The average Bonchev–Trinajstić information content (AvgIpc) is 2.52. The fourth-order valence-corrected chi connectivity index (χ4v) is 2.29. The molecule has 0 spiro atoms. The molecule has 1 amide bonds. The van der Waals surface area contributed by atoms with E-state index in [4.69, 9.17) is 9.47 Å². The molecule has 0 fully saturated rings. The minimum absolute atomic E-state index is 0.264. The van der Waals surface area contributed by atoms with Crippen LogP contribution in [-0.4, -0.2) is 27.7 Å². The smallest absolute Gasteiger partial charge is 0.264 e. The molecule has 122 valence electrons. The van der Waals surface area contributed by atoms with Crippen LogP contribution in [0.5, 0.6) is 11.5 Å². The summed E-state index contributed by atoms with van der Waals surface area (Å²) in [6, 6.07) is 13.7. The summed E-state index contributed by atoms with van der Waals surface area (Å²) in [4.78, 5) is 11.7. The maximum atomic E-state index is 11.7. The summed E-state index contributed by atoms with van der Waals surface area (Å²) in [6.07, 6.45) is 0.932. The van der Waals surface area contributed by atoms with E-state index in [9.17, 15) is 13.2 Å². The molecule has 0 saturated heterocycles. The first-order chi connectivity index (χ1) is 10.9. The van der Waals surface area contributed by atoms with Crippen LogP contribution in [0.3, 0.4) is 0 Å². The third-order valence-electron chi connectivity index (χ3n) is 2.94. The van der Waals surface area contributed by atoms with Gasteiger partial charge in [0.25, 0.3) is 5.91 Å². The molecule has 0 aliphatic carbocycles. The highest BCUT2D eigenvalue weighted by Crippen LogP contribution is 2.20. The Morgan fingerprint density at radius 3 is 2.35 bits per heavy atom. The molecular formula is C16H17NO5S. The molecule has 23 heavy (non-hydrogen) atoms. The zero-order chi connectivity index (χ0) is 16.9. The number of carbonyl (C=O) groups excluding carboxylic acids is 1. The molecule has 0 radical (unpaired) electrons. The number of sulfonamides is 1. The molecule has 0 heterocycles. The lowest BCUT2D eigenvalue weighted by Crippen LogP contribution is -2.29. The summed E-state index contributed by atoms with van der Waals surface area (Å²) >= 11 is 0. The van der Waals surface area contributed by atoms with Gasteiger partial charge in [-0.05, 0) is 29.8 Å². The quantitative estimate of drug-likeness (QED) is 0.873. The molecule has 0 aliphatic heterocycles. The van der Waals surface area contributed by atoms with Gasteiger partial charge in [0, 0.05) is 11.6 Å². The highest BCUT2D eigenvalue weighted by atomic mass is 32.2. The van der Waals surface area contributed by atoms with E-state index in [1.54, 1.807) is 37.4 Å². The third-order valence-corrected chi connectivity index (χ3v) is 3.50. The fraction of sp³-hybridized carbons (Fsp3) is 0.188. The fourth-order valence-electron chi connectivity index (χ4n) is 1.84. The average molecular weight is 335 g/mol. The second-order valence-corrected chi connectivity index (χ2v) is 6.62. The van der Waals surface area contributed by atoms with Crippen LogP contribution in [0.15, 0.2) is 48.5 Å². The van der Waals surface area contributed by atoms with Crippen molar-refractivity contribution in [3.05, 3.63) is 59.7 Å². The van der Waals surface area contributed by atoms with Crippen LogP contribution in [0.2, 0.25) is 0 Å². The Morgan fingerprint density at radius 2 is 1.74 bits per heavy atom. The van der Waals surface area contributed by atoms with Gasteiger partial charge in [0.15, 0.2) is 0 Å². The van der Waals surface area contributed by atoms with E-state index < -0.39 is 15.9 Å². The van der Waals surface area contributed by atoms with Crippen molar-refractivity contribution in [2.24, 2.45) is 0 Å². The van der Waals surface area contributed by atoms with Gasteiger partial charge >= 0.3 is 0 Å². The van der Waals surface area contributed by atoms with Crippen molar-refractivity contribution >= 4 is 15.9 Å². The van der Waals surface area contributed by atoms with E-state index in [1.165, 1.54) is 0 Å². The molecule has 0 aromatic heterocycles. The Kier molecular flexibility index (Phi) is 5.23. The molecule has 1 N–H and O–H groups in total. The second kappa shape index (κ2) is 7.15. The van der Waals surface area contributed by atoms with E-state index >= 15 is 0 Å². The number of ether oxygens (including phenoxy) is 2. The molecule has 0 unspecified atom stereocenters. The van der Waals surface area contributed by atoms with Crippen molar-refractivity contribution in [1.82, 2.24) is 4.72 Å². The summed E-state index contributed by atoms with van der Waals surface area (Å²) in [5, 5.41) is 0. The Labute approximate surface area is 135 Å². The van der Waals surface area contributed by atoms with E-state index in [1.807, 2.05) is 22.9 Å². The summed E-state index contributed by atoms with van der Waals surface area (Å²) in [5.74, 6) is 0.714. The molecular weight excluding hydrogens is 318 g/mol. The van der Waals surface area contributed by atoms with E-state index in [2.05, 4.69) is 0 Å². The predicted octanol–water partition coefficient (Wildman–Crippen LogP) is 1.96. The maximum Gasteiger partial charge on any atom is 0.264 e. The molecule has 0 saturated carbocycles. The second-order valence-electron chi connectivity index (χ2n) is 4.87. The SMILES string of the molecule is COc1cccc(OCc2ccc(C(=O)NS(C)(=O)=O)cc2)c1. The van der Waals surface area contributed by atoms with Crippen LogP contribution in [0, 0.1) is 0 Å². The summed E-state index contributed by atoms with van der Waals surface area (Å²) in [5.41, 5.74) is 1.12. The van der Waals surface area contributed by atoms with Gasteiger partial charge in [0.2, 0.25) is 10.0 Å². The first-order valence-electron chi connectivity index (χ1n) is 6.75. The van der Waals surface area contributed by atoms with Crippen LogP contribution in [0.4, 0.5) is 0 Å². The Balaban J connectivity index is 1.98. The number of carbonyl (C=O) groups is 1. The number of amides is 1. The largest absolute Gasteiger partial charge is 0.497 e. The first kappa shape index (κ1) is 16.8. The number of methoxy groups -OCH3 is 1. The Morgan fingerprint density at radius 1 is 1.09 bits per heavy atom. The van der Waals surface area contributed by atoms with Crippen LogP contribution in [0.25, 0.3) is 0 Å². The maximum absolute atomic E-state index is 11.7. The highest BCUT2D eigenvalue weighted by Gasteiger charge is 2.10. The van der Waals surface area contributed by atoms with E-state index in [0.29, 0.717) is 18.1 Å². The minimum atomic E-state index is -3.57. The van der Waals surface area contributed by atoms with Gasteiger partial charge in [-0.2, -0.15) is 0 Å². The van der Waals surface area contributed by atoms with Gasteiger partial charge in [-0.15, -0.1) is 0 Å². The normalized spacial score (nSPS) is 10.9. The zero-order valence-electron chi connectivity index (χ0n) is 12.8. The van der Waals surface area contributed by atoms with Gasteiger partial charge in [0.05, 0.1) is 13.4 Å². The number of hydrogen-bond acceptors (Lipinski definition) is 5. The van der Waals surface area contributed by atoms with Gasteiger partial charge in [-0.25, -0.2) is 13.1 Å². The first-order valence-corrected chi connectivity index (χ1v) is 8.64. The lowest BCUT2D eigenvalue weighted by atomic mass is 10.1. The standard InChI is InChI=1S/C16H17NO5S/c1-21-14-4-3-5-15(10-14)22-11-12-6-8-13(9-7-12)16(18)17-23(2,19)20/h3-10H,11H2,1-2H3,(H,17,18). The van der Waals surface area contributed by atoms with Crippen molar-refractivity contribution < 1.29 is 22.7 Å². The summed E-state index contributed by atoms with van der Waals surface area (Å²) in [6.45, 7) is 0.321. The van der Waals surface area contributed by atoms with Crippen LogP contribution in [0.1, 0.15) is 15.9 Å². The zero-order valence-corrected chi connectivity index (χ0v) is 13.6. The Bertz CT molecular complexity index is 784. The van der Waals surface area contributed by atoms with E-state index in [0.717, 1.165) is 11.8 Å². The van der Waals surface area contributed by atoms with Gasteiger partial charge < -0.3 is 9.47 Å². The minimum Gasteiger partial charge on any atom is -0.497 e. The number of hydrogen-bond donors (Lipinski definition) is 1. The molecule has 0 bridgehead atoms. The molecule has 0 aliphatic rings. The van der Waals surface area contributed by atoms with Crippen molar-refractivity contribution in [3.63, 3.8) is 0 Å². The topological polar surface area (TPSA) is 81.7 Å². The number of benzene rings is 2. The van der Waals surface area contributed by atoms with Crippen molar-refractivity contribution in [2.75, 3.05) is 13.4 Å². The highest BCUT2D eigenvalue weighted by molar-refractivity contribution is 7.89. The van der Waals surface area contributed by atoms with Gasteiger partial charge in [0.1, 0.15) is 18.1 Å². The monoisotopic (exact) mass is 335 g/mol. The molecule has 7 heteroatoms. The molecule has 2 aromatic carbocycles. The lowest BCUT2D eigenvalue weighted by molar-refractivity contribution is 0.0981. The van der Waals surface area contributed by atoms with E-state index in [-0.39, 0.29) is 5.56 Å². The molecule has 2 aromatic rings. The van der Waals surface area contributed by atoms with Crippen LogP contribution in [-0.2, 0) is 16.6 Å². The van der Waals surface area contributed by atoms with Gasteiger partial charge in [-0.3, -0.25) is 4.79 Å². The van der Waals surface area contributed by atoms with Crippen molar-refractivity contribution in [3.8, 4) is 11.5 Å². The molecule has 2 rings (SSSR count). The number of nitrogens with one attached hydrogen (secondary N) is 1. The summed E-state index contributed by atoms with van der Waals surface area (Å²) < 4.78 is 34.7. The predicted molar refractivity (Wildman–Crippen MR) is 86.1 cm³/mol. The Hall–Kier alpha value is -2.54. The summed E-state index contributed by atoms with van der Waals surface area (Å²) in [7, 11) is -1.99. The third kappa shape index (κ3) is 5.30. The molecule has 6 nitrogen and oxygen atoms in total. The van der Waals surface area contributed by atoms with Crippen molar-refractivity contribution in [2.45, 2.75) is 6.61 Å². The van der Waals surface area contributed by atoms with Crippen LogP contribution < -0.4 is 14.2 Å². The van der Waals surface area contributed by atoms with Crippen LogP contribution >= 0.6 is 0 Å². The molecule has 0 atom stereocenters. The lowest BCUT2D eigenvalue weighted by Gasteiger charge is -2.08.